The second-order valence-corrected chi connectivity index (χ2v) is 6.24. The van der Waals surface area contributed by atoms with Gasteiger partial charge in [0.05, 0.1) is 6.54 Å². The number of amides is 1. The summed E-state index contributed by atoms with van der Waals surface area (Å²) in [6.45, 7) is 7.93. The third kappa shape index (κ3) is 8.90. The van der Waals surface area contributed by atoms with Crippen molar-refractivity contribution in [2.75, 3.05) is 18.4 Å². The number of anilines is 1. The molecule has 3 N–H and O–H groups in total. The maximum atomic E-state index is 11.0. The number of halogens is 1. The average molecular weight is 480 g/mol. The summed E-state index contributed by atoms with van der Waals surface area (Å²) in [4.78, 5) is 15.7. The van der Waals surface area contributed by atoms with Crippen LogP contribution < -0.4 is 16.0 Å². The number of carbonyl (C=O) groups excluding carboxylic acids is 1. The van der Waals surface area contributed by atoms with Crippen LogP contribution in [0.4, 0.5) is 5.69 Å². The Kier molecular flexibility index (Phi) is 10.5. The highest BCUT2D eigenvalue weighted by molar-refractivity contribution is 14.0. The predicted octanol–water partition coefficient (Wildman–Crippen LogP) is 3.87. The normalized spacial score (nSPS) is 10.7. The first-order chi connectivity index (χ1) is 12.6. The molecule has 2 rings (SSSR count). The molecule has 0 aliphatic rings. The number of aliphatic imine (C=N–C) groups is 1. The maximum Gasteiger partial charge on any atom is 0.221 e. The summed E-state index contributed by atoms with van der Waals surface area (Å²) in [6.07, 6.45) is 0.884. The van der Waals surface area contributed by atoms with Gasteiger partial charge in [0, 0.05) is 25.7 Å². The molecule has 27 heavy (non-hydrogen) atoms. The number of hydrogen-bond donors (Lipinski definition) is 3. The molecular formula is C21H29IN4O. The van der Waals surface area contributed by atoms with Gasteiger partial charge >= 0.3 is 0 Å². The van der Waals surface area contributed by atoms with Crippen molar-refractivity contribution >= 4 is 41.5 Å². The number of aryl methyl sites for hydroxylation is 1. The molecule has 0 aromatic heterocycles. The number of carbonyl (C=O) groups is 1. The molecule has 0 saturated heterocycles. The molecule has 0 bridgehead atoms. The molecule has 1 amide bonds. The van der Waals surface area contributed by atoms with E-state index < -0.39 is 0 Å². The van der Waals surface area contributed by atoms with Gasteiger partial charge in [-0.1, -0.05) is 42.0 Å². The van der Waals surface area contributed by atoms with Crippen LogP contribution in [0.1, 0.15) is 30.5 Å². The summed E-state index contributed by atoms with van der Waals surface area (Å²) in [7, 11) is 0. The van der Waals surface area contributed by atoms with Crippen molar-refractivity contribution < 1.29 is 4.79 Å². The van der Waals surface area contributed by atoms with Gasteiger partial charge in [-0.2, -0.15) is 0 Å². The first-order valence-electron chi connectivity index (χ1n) is 9.01. The van der Waals surface area contributed by atoms with Crippen LogP contribution in [0.5, 0.6) is 0 Å². The van der Waals surface area contributed by atoms with Crippen molar-refractivity contribution in [1.82, 2.24) is 10.6 Å². The number of guanidine groups is 1. The molecule has 0 aliphatic carbocycles. The molecule has 6 heteroatoms. The van der Waals surface area contributed by atoms with E-state index in [9.17, 15) is 4.79 Å². The second kappa shape index (κ2) is 12.3. The van der Waals surface area contributed by atoms with Crippen molar-refractivity contribution in [3.8, 4) is 0 Å². The van der Waals surface area contributed by atoms with E-state index in [-0.39, 0.29) is 29.9 Å². The minimum atomic E-state index is -0.0560. The lowest BCUT2D eigenvalue weighted by Gasteiger charge is -2.12. The lowest BCUT2D eigenvalue weighted by Crippen LogP contribution is -2.38. The quantitative estimate of drug-likeness (QED) is 0.320. The van der Waals surface area contributed by atoms with Crippen molar-refractivity contribution in [3.05, 3.63) is 65.2 Å². The largest absolute Gasteiger partial charge is 0.357 e. The van der Waals surface area contributed by atoms with Crippen LogP contribution in [0.25, 0.3) is 0 Å². The molecule has 0 atom stereocenters. The van der Waals surface area contributed by atoms with E-state index in [1.807, 2.05) is 24.3 Å². The van der Waals surface area contributed by atoms with E-state index in [0.29, 0.717) is 6.54 Å². The van der Waals surface area contributed by atoms with E-state index in [2.05, 4.69) is 59.1 Å². The van der Waals surface area contributed by atoms with Gasteiger partial charge in [0.25, 0.3) is 0 Å². The molecule has 0 radical (unpaired) electrons. The van der Waals surface area contributed by atoms with Crippen LogP contribution in [-0.4, -0.2) is 25.0 Å². The summed E-state index contributed by atoms with van der Waals surface area (Å²) in [5, 5.41) is 9.42. The van der Waals surface area contributed by atoms with Crippen LogP contribution in [0, 0.1) is 6.92 Å². The SMILES string of the molecule is CCNC(=NCc1cccc(C)c1)NCCc1ccc(NC(C)=O)cc1.I. The highest BCUT2D eigenvalue weighted by Gasteiger charge is 2.00. The Morgan fingerprint density at radius 2 is 1.78 bits per heavy atom. The van der Waals surface area contributed by atoms with Crippen LogP contribution in [-0.2, 0) is 17.8 Å². The van der Waals surface area contributed by atoms with Gasteiger partial charge in [-0.05, 0) is 43.5 Å². The van der Waals surface area contributed by atoms with Crippen molar-refractivity contribution in [3.63, 3.8) is 0 Å². The molecule has 5 nitrogen and oxygen atoms in total. The minimum Gasteiger partial charge on any atom is -0.357 e. The third-order valence-electron chi connectivity index (χ3n) is 3.83. The van der Waals surface area contributed by atoms with E-state index >= 15 is 0 Å². The Hall–Kier alpha value is -2.09. The lowest BCUT2D eigenvalue weighted by atomic mass is 10.1. The summed E-state index contributed by atoms with van der Waals surface area (Å²) in [5.74, 6) is 0.767. The zero-order valence-electron chi connectivity index (χ0n) is 16.2. The van der Waals surface area contributed by atoms with Crippen LogP contribution in [0.3, 0.4) is 0 Å². The highest BCUT2D eigenvalue weighted by Crippen LogP contribution is 2.09. The maximum absolute atomic E-state index is 11.0. The summed E-state index contributed by atoms with van der Waals surface area (Å²) in [5.41, 5.74) is 4.48. The summed E-state index contributed by atoms with van der Waals surface area (Å²) < 4.78 is 0. The van der Waals surface area contributed by atoms with Crippen LogP contribution >= 0.6 is 24.0 Å². The molecule has 0 fully saturated rings. The summed E-state index contributed by atoms with van der Waals surface area (Å²) in [6, 6.07) is 16.3. The van der Waals surface area contributed by atoms with Crippen molar-refractivity contribution in [2.24, 2.45) is 4.99 Å². The van der Waals surface area contributed by atoms with Crippen LogP contribution in [0.2, 0.25) is 0 Å². The number of nitrogens with zero attached hydrogens (tertiary/aromatic N) is 1. The van der Waals surface area contributed by atoms with Crippen molar-refractivity contribution in [2.45, 2.75) is 33.7 Å². The first-order valence-corrected chi connectivity index (χ1v) is 9.01. The Balaban J connectivity index is 0.00000364. The Bertz CT molecular complexity index is 744. The van der Waals surface area contributed by atoms with Gasteiger partial charge < -0.3 is 16.0 Å². The van der Waals surface area contributed by atoms with E-state index in [0.717, 1.165) is 31.2 Å². The molecule has 0 spiro atoms. The van der Waals surface area contributed by atoms with E-state index in [1.165, 1.54) is 23.6 Å². The Morgan fingerprint density at radius 1 is 1.04 bits per heavy atom. The molecule has 0 heterocycles. The number of benzene rings is 2. The van der Waals surface area contributed by atoms with Crippen LogP contribution in [0.15, 0.2) is 53.5 Å². The van der Waals surface area contributed by atoms with E-state index in [1.54, 1.807) is 0 Å². The van der Waals surface area contributed by atoms with E-state index in [4.69, 9.17) is 0 Å². The van der Waals surface area contributed by atoms with Gasteiger partial charge in [0.1, 0.15) is 0 Å². The van der Waals surface area contributed by atoms with Gasteiger partial charge in [0.2, 0.25) is 5.91 Å². The molecule has 2 aromatic rings. The second-order valence-electron chi connectivity index (χ2n) is 6.24. The molecule has 0 unspecified atom stereocenters. The number of nitrogens with one attached hydrogen (secondary N) is 3. The molecule has 2 aromatic carbocycles. The summed E-state index contributed by atoms with van der Waals surface area (Å²) >= 11 is 0. The van der Waals surface area contributed by atoms with Crippen molar-refractivity contribution in [1.29, 1.82) is 0 Å². The molecular weight excluding hydrogens is 451 g/mol. The fourth-order valence-electron chi connectivity index (χ4n) is 2.61. The smallest absolute Gasteiger partial charge is 0.221 e. The van der Waals surface area contributed by atoms with Gasteiger partial charge in [-0.25, -0.2) is 4.99 Å². The first kappa shape index (κ1) is 23.0. The van der Waals surface area contributed by atoms with Gasteiger partial charge in [-0.3, -0.25) is 4.79 Å². The topological polar surface area (TPSA) is 65.5 Å². The average Bonchev–Trinajstić information content (AvgIpc) is 2.61. The fourth-order valence-corrected chi connectivity index (χ4v) is 2.61. The Labute approximate surface area is 179 Å². The molecule has 146 valence electrons. The van der Waals surface area contributed by atoms with Gasteiger partial charge in [-0.15, -0.1) is 24.0 Å². The third-order valence-corrected chi connectivity index (χ3v) is 3.83. The molecule has 0 saturated carbocycles. The zero-order chi connectivity index (χ0) is 18.8. The fraction of sp³-hybridized carbons (Fsp3) is 0.333. The Morgan fingerprint density at radius 3 is 2.41 bits per heavy atom. The zero-order valence-corrected chi connectivity index (χ0v) is 18.5. The number of hydrogen-bond acceptors (Lipinski definition) is 2. The number of rotatable bonds is 7. The predicted molar refractivity (Wildman–Crippen MR) is 124 cm³/mol. The lowest BCUT2D eigenvalue weighted by molar-refractivity contribution is -0.114. The van der Waals surface area contributed by atoms with Gasteiger partial charge in [0.15, 0.2) is 5.96 Å². The molecule has 0 aliphatic heterocycles. The highest BCUT2D eigenvalue weighted by atomic mass is 127. The monoisotopic (exact) mass is 480 g/mol. The standard InChI is InChI=1S/C21H28N4O.HI/c1-4-22-21(24-15-19-7-5-6-16(2)14-19)23-13-12-18-8-10-20(11-9-18)25-17(3)26;/h5-11,14H,4,12-13,15H2,1-3H3,(H,25,26)(H2,22,23,24);1H. The minimum absolute atomic E-state index is 0.